The number of ether oxygens (including phenoxy) is 3. The Morgan fingerprint density at radius 3 is 2.50 bits per heavy atom. The lowest BCUT2D eigenvalue weighted by Crippen LogP contribution is -2.33. The lowest BCUT2D eigenvalue weighted by molar-refractivity contribution is -0.137. The summed E-state index contributed by atoms with van der Waals surface area (Å²) in [7, 11) is 0. The van der Waals surface area contributed by atoms with E-state index in [1.807, 2.05) is 30.3 Å². The lowest BCUT2D eigenvalue weighted by atomic mass is 10.1. The second-order valence-corrected chi connectivity index (χ2v) is 9.39. The van der Waals surface area contributed by atoms with Gasteiger partial charge in [0.05, 0.1) is 41.9 Å². The maximum atomic E-state index is 13.6. The number of carboxylic acids is 1. The summed E-state index contributed by atoms with van der Waals surface area (Å²) < 4.78 is 14.2. The number of hydrogen-bond acceptors (Lipinski definition) is 9. The van der Waals surface area contributed by atoms with E-state index in [9.17, 15) is 19.2 Å². The van der Waals surface area contributed by atoms with Gasteiger partial charge >= 0.3 is 11.9 Å². The van der Waals surface area contributed by atoms with Crippen molar-refractivity contribution in [1.82, 2.24) is 5.32 Å². The normalized spacial score (nSPS) is 12.1. The highest BCUT2D eigenvalue weighted by Crippen LogP contribution is 2.41. The highest BCUT2D eigenvalue weighted by Gasteiger charge is 2.30. The Hall–Kier alpha value is -4.63. The standard InChI is InChI=1S/C28H32ClN3O4.C4H4O4/c1-3-19-35-20-18-32-25-11-6-5-10-24(25)31(26-21-22(29)13-14-23(26)28(32)34)17-8-7-15-30-16-9-12-27(33)36-4-2;5-3-8-2-1-4(6)7/h1,5-6,9-14,21,30H,4,7-8,15-20H2,2H3;1-3H,(H,6,7)/b12-9+;2-1-. The fraction of sp³-hybridized carbons (Fsp3) is 0.312. The average Bonchev–Trinajstić information content (AvgIpc) is 3.09. The number of esters is 1. The third-order valence-electron chi connectivity index (χ3n) is 5.97. The van der Waals surface area contributed by atoms with Gasteiger partial charge in [-0.1, -0.05) is 35.7 Å². The number of para-hydroxylation sites is 2. The number of rotatable bonds is 16. The quantitative estimate of drug-likeness (QED) is 0.0693. The number of nitrogens with zero attached hydrogens (tertiary/aromatic N) is 2. The van der Waals surface area contributed by atoms with Crippen LogP contribution in [0.4, 0.5) is 17.1 Å². The van der Waals surface area contributed by atoms with Crippen molar-refractivity contribution in [3.8, 4) is 12.3 Å². The Kier molecular flexibility index (Phi) is 16.4. The molecule has 1 aliphatic rings. The average molecular weight is 626 g/mol. The number of halogens is 1. The zero-order valence-corrected chi connectivity index (χ0v) is 25.2. The first-order valence-electron chi connectivity index (χ1n) is 13.9. The molecule has 1 heterocycles. The van der Waals surface area contributed by atoms with Crippen molar-refractivity contribution in [3.05, 3.63) is 77.5 Å². The second-order valence-electron chi connectivity index (χ2n) is 8.95. The van der Waals surface area contributed by atoms with Crippen molar-refractivity contribution >= 4 is 53.0 Å². The maximum absolute atomic E-state index is 13.6. The molecule has 2 aromatic carbocycles. The number of unbranched alkanes of at least 4 members (excludes halogenated alkanes) is 1. The maximum Gasteiger partial charge on any atom is 0.331 e. The molecule has 0 aliphatic carbocycles. The predicted molar refractivity (Wildman–Crippen MR) is 168 cm³/mol. The van der Waals surface area contributed by atoms with Crippen LogP contribution in [0.2, 0.25) is 5.02 Å². The van der Waals surface area contributed by atoms with Crippen LogP contribution in [0.3, 0.4) is 0 Å². The topological polar surface area (TPSA) is 135 Å². The van der Waals surface area contributed by atoms with Crippen LogP contribution in [0.5, 0.6) is 0 Å². The number of amides is 1. The monoisotopic (exact) mass is 625 g/mol. The van der Waals surface area contributed by atoms with Gasteiger partial charge in [0.2, 0.25) is 0 Å². The molecule has 0 unspecified atom stereocenters. The van der Waals surface area contributed by atoms with Gasteiger partial charge in [0, 0.05) is 30.7 Å². The van der Waals surface area contributed by atoms with Crippen molar-refractivity contribution < 1.29 is 38.5 Å². The van der Waals surface area contributed by atoms with Gasteiger partial charge in [-0.15, -0.1) is 6.42 Å². The molecule has 2 N–H and O–H groups in total. The van der Waals surface area contributed by atoms with Gasteiger partial charge in [-0.05, 0) is 56.6 Å². The van der Waals surface area contributed by atoms with Crippen molar-refractivity contribution in [2.24, 2.45) is 0 Å². The Bertz CT molecular complexity index is 1360. The number of nitrogens with one attached hydrogen (secondary N) is 1. The number of hydrogen-bond donors (Lipinski definition) is 2. The molecular formula is C32H36ClN3O8. The van der Waals surface area contributed by atoms with E-state index in [0.717, 1.165) is 42.7 Å². The van der Waals surface area contributed by atoms with Gasteiger partial charge in [-0.3, -0.25) is 9.59 Å². The van der Waals surface area contributed by atoms with Crippen LogP contribution in [-0.4, -0.2) is 75.4 Å². The number of benzene rings is 2. The number of aliphatic carboxylic acids is 1. The number of carbonyl (C=O) groups is 4. The molecule has 1 aliphatic heterocycles. The highest BCUT2D eigenvalue weighted by molar-refractivity contribution is 6.31. The van der Waals surface area contributed by atoms with E-state index < -0.39 is 5.97 Å². The molecule has 0 spiro atoms. The lowest BCUT2D eigenvalue weighted by Gasteiger charge is -2.27. The third kappa shape index (κ3) is 11.9. The number of anilines is 3. The molecule has 0 aromatic heterocycles. The molecule has 3 rings (SSSR count). The Morgan fingerprint density at radius 1 is 1.07 bits per heavy atom. The zero-order chi connectivity index (χ0) is 32.2. The molecule has 0 saturated carbocycles. The number of carboxylic acid groups (broad SMARTS) is 1. The summed E-state index contributed by atoms with van der Waals surface area (Å²) in [6.45, 7) is 5.31. The molecule has 0 atom stereocenters. The van der Waals surface area contributed by atoms with Gasteiger partial charge in [-0.2, -0.15) is 0 Å². The van der Waals surface area contributed by atoms with Crippen molar-refractivity contribution in [3.63, 3.8) is 0 Å². The van der Waals surface area contributed by atoms with Gasteiger partial charge in [0.25, 0.3) is 12.4 Å². The summed E-state index contributed by atoms with van der Waals surface area (Å²) in [4.78, 5) is 47.8. The van der Waals surface area contributed by atoms with E-state index in [4.69, 9.17) is 32.6 Å². The van der Waals surface area contributed by atoms with Gasteiger partial charge in [-0.25, -0.2) is 9.59 Å². The number of fused-ring (bicyclic) bond motifs is 2. The fourth-order valence-corrected chi connectivity index (χ4v) is 4.31. The van der Waals surface area contributed by atoms with Crippen LogP contribution in [0.25, 0.3) is 0 Å². The highest BCUT2D eigenvalue weighted by atomic mass is 35.5. The summed E-state index contributed by atoms with van der Waals surface area (Å²) >= 11 is 6.36. The minimum Gasteiger partial charge on any atom is -0.478 e. The van der Waals surface area contributed by atoms with Gasteiger partial charge in [0.1, 0.15) is 12.9 Å². The first-order valence-corrected chi connectivity index (χ1v) is 14.2. The molecule has 11 nitrogen and oxygen atoms in total. The Balaban J connectivity index is 0.000000742. The van der Waals surface area contributed by atoms with E-state index in [2.05, 4.69) is 20.9 Å². The second kappa shape index (κ2) is 20.3. The van der Waals surface area contributed by atoms with Gasteiger partial charge in [0.15, 0.2) is 0 Å². The van der Waals surface area contributed by atoms with Crippen LogP contribution in [-0.2, 0) is 28.6 Å². The van der Waals surface area contributed by atoms with Crippen molar-refractivity contribution in [2.75, 3.05) is 55.8 Å². The summed E-state index contributed by atoms with van der Waals surface area (Å²) in [6.07, 6.45) is 11.8. The van der Waals surface area contributed by atoms with Crippen LogP contribution >= 0.6 is 11.6 Å². The molecule has 0 saturated heterocycles. The molecule has 44 heavy (non-hydrogen) atoms. The van der Waals surface area contributed by atoms with E-state index in [-0.39, 0.29) is 25.0 Å². The predicted octanol–water partition coefficient (Wildman–Crippen LogP) is 4.33. The zero-order valence-electron chi connectivity index (χ0n) is 24.4. The largest absolute Gasteiger partial charge is 0.478 e. The van der Waals surface area contributed by atoms with Crippen molar-refractivity contribution in [1.29, 1.82) is 0 Å². The van der Waals surface area contributed by atoms with E-state index in [0.29, 0.717) is 49.5 Å². The molecule has 0 fully saturated rings. The molecule has 12 heteroatoms. The van der Waals surface area contributed by atoms with Crippen LogP contribution in [0.15, 0.2) is 67.0 Å². The smallest absolute Gasteiger partial charge is 0.331 e. The molecule has 0 bridgehead atoms. The van der Waals surface area contributed by atoms with Gasteiger partial charge < -0.3 is 34.4 Å². The third-order valence-corrected chi connectivity index (χ3v) is 6.20. The molecular weight excluding hydrogens is 590 g/mol. The summed E-state index contributed by atoms with van der Waals surface area (Å²) in [5, 5.41) is 11.7. The Morgan fingerprint density at radius 2 is 1.82 bits per heavy atom. The minimum atomic E-state index is -1.15. The molecule has 2 aromatic rings. The van der Waals surface area contributed by atoms with Crippen LogP contribution in [0.1, 0.15) is 30.1 Å². The van der Waals surface area contributed by atoms with E-state index in [1.54, 1.807) is 30.0 Å². The molecule has 234 valence electrons. The Labute approximate surface area is 262 Å². The first kappa shape index (κ1) is 35.6. The van der Waals surface area contributed by atoms with Crippen LogP contribution in [0, 0.1) is 12.3 Å². The fourth-order valence-electron chi connectivity index (χ4n) is 4.14. The minimum absolute atomic E-state index is 0.101. The molecule has 0 radical (unpaired) electrons. The number of carbonyl (C=O) groups excluding carboxylic acids is 3. The SMILES string of the molecule is C#CCOCCN1C(=O)c2ccc(Cl)cc2N(CCCCNC/C=C/C(=O)OCC)c2ccccc21.O=CO/C=C\C(=O)O. The summed E-state index contributed by atoms with van der Waals surface area (Å²) in [6, 6.07) is 13.2. The van der Waals surface area contributed by atoms with E-state index >= 15 is 0 Å². The molecule has 1 amide bonds. The first-order chi connectivity index (χ1) is 21.3. The van der Waals surface area contributed by atoms with Crippen molar-refractivity contribution in [2.45, 2.75) is 19.8 Å². The number of terminal acetylenes is 1. The van der Waals surface area contributed by atoms with Crippen LogP contribution < -0.4 is 15.1 Å². The van der Waals surface area contributed by atoms with E-state index in [1.165, 1.54) is 6.08 Å². The summed E-state index contributed by atoms with van der Waals surface area (Å²) in [5.74, 6) is 0.875. The summed E-state index contributed by atoms with van der Waals surface area (Å²) in [5.41, 5.74) is 3.14.